The van der Waals surface area contributed by atoms with Crippen LogP contribution < -0.4 is 10.6 Å². The molecule has 1 aromatic heterocycles. The highest BCUT2D eigenvalue weighted by atomic mass is 16.1. The van der Waals surface area contributed by atoms with Crippen molar-refractivity contribution in [3.8, 4) is 0 Å². The summed E-state index contributed by atoms with van der Waals surface area (Å²) in [5.74, 6) is 1.55. The van der Waals surface area contributed by atoms with Gasteiger partial charge < -0.3 is 15.5 Å². The minimum atomic E-state index is -0.0129. The van der Waals surface area contributed by atoms with Crippen LogP contribution in [-0.2, 0) is 0 Å². The Morgan fingerprint density at radius 2 is 2.16 bits per heavy atom. The fraction of sp³-hybridized carbons (Fsp3) is 0.421. The Hall–Kier alpha value is -2.47. The first kappa shape index (κ1) is 16.0. The third kappa shape index (κ3) is 4.33. The average Bonchev–Trinajstić information content (AvgIpc) is 3.34. The number of anilines is 2. The average molecular weight is 337 g/mol. The van der Waals surface area contributed by atoms with E-state index in [0.717, 1.165) is 31.1 Å². The Labute approximate surface area is 147 Å². The lowest BCUT2D eigenvalue weighted by atomic mass is 10.1. The van der Waals surface area contributed by atoms with E-state index in [1.54, 1.807) is 18.6 Å². The molecule has 4 rings (SSSR count). The van der Waals surface area contributed by atoms with Gasteiger partial charge in [0.1, 0.15) is 5.82 Å². The van der Waals surface area contributed by atoms with E-state index in [-0.39, 0.29) is 11.9 Å². The summed E-state index contributed by atoms with van der Waals surface area (Å²) >= 11 is 0. The monoisotopic (exact) mass is 337 g/mol. The molecule has 25 heavy (non-hydrogen) atoms. The van der Waals surface area contributed by atoms with Crippen LogP contribution in [0.25, 0.3) is 0 Å². The molecule has 0 spiro atoms. The zero-order chi connectivity index (χ0) is 17.1. The maximum atomic E-state index is 12.6. The number of benzene rings is 1. The van der Waals surface area contributed by atoms with Gasteiger partial charge in [0.25, 0.3) is 5.91 Å². The molecule has 1 saturated carbocycles. The van der Waals surface area contributed by atoms with Crippen LogP contribution in [0.4, 0.5) is 11.5 Å². The third-order valence-electron chi connectivity index (χ3n) is 4.78. The molecule has 2 N–H and O–H groups in total. The second kappa shape index (κ2) is 7.19. The predicted molar refractivity (Wildman–Crippen MR) is 96.8 cm³/mol. The lowest BCUT2D eigenvalue weighted by molar-refractivity contribution is 0.0937. The molecule has 2 aromatic rings. The molecule has 1 atom stereocenters. The second-order valence-corrected chi connectivity index (χ2v) is 6.96. The number of carbonyl (C=O) groups is 1. The van der Waals surface area contributed by atoms with Crippen molar-refractivity contribution < 1.29 is 4.79 Å². The lowest BCUT2D eigenvalue weighted by Crippen LogP contribution is -2.37. The molecule has 6 nitrogen and oxygen atoms in total. The van der Waals surface area contributed by atoms with Gasteiger partial charge in [-0.05, 0) is 43.4 Å². The highest BCUT2D eigenvalue weighted by Crippen LogP contribution is 2.30. The maximum Gasteiger partial charge on any atom is 0.251 e. The number of nitrogens with zero attached hydrogens (tertiary/aromatic N) is 3. The van der Waals surface area contributed by atoms with Crippen molar-refractivity contribution >= 4 is 17.4 Å². The summed E-state index contributed by atoms with van der Waals surface area (Å²) in [6.07, 6.45) is 8.70. The summed E-state index contributed by atoms with van der Waals surface area (Å²) in [5, 5.41) is 6.34. The van der Waals surface area contributed by atoms with E-state index < -0.39 is 0 Å². The van der Waals surface area contributed by atoms with Gasteiger partial charge in [-0.3, -0.25) is 9.78 Å². The standard InChI is InChI=1S/C19H23N5O/c25-19(23-17-6-9-24(13-17)12-14-4-5-14)15-2-1-3-16(10-15)22-18-11-20-7-8-21-18/h1-3,7-8,10-11,14,17H,4-6,9,12-13H2,(H,21,22)(H,23,25). The van der Waals surface area contributed by atoms with Crippen LogP contribution in [0.3, 0.4) is 0 Å². The van der Waals surface area contributed by atoms with Gasteiger partial charge in [0.15, 0.2) is 0 Å². The van der Waals surface area contributed by atoms with Crippen molar-refractivity contribution in [2.45, 2.75) is 25.3 Å². The first-order valence-electron chi connectivity index (χ1n) is 8.92. The van der Waals surface area contributed by atoms with Crippen molar-refractivity contribution in [2.75, 3.05) is 25.0 Å². The quantitative estimate of drug-likeness (QED) is 0.847. The number of hydrogen-bond acceptors (Lipinski definition) is 5. The highest BCUT2D eigenvalue weighted by Gasteiger charge is 2.29. The molecule has 0 radical (unpaired) electrons. The normalized spacial score (nSPS) is 20.4. The van der Waals surface area contributed by atoms with E-state index in [9.17, 15) is 4.79 Å². The van der Waals surface area contributed by atoms with Gasteiger partial charge in [0.05, 0.1) is 6.20 Å². The zero-order valence-electron chi connectivity index (χ0n) is 14.2. The van der Waals surface area contributed by atoms with E-state index in [4.69, 9.17) is 0 Å². The van der Waals surface area contributed by atoms with Crippen LogP contribution >= 0.6 is 0 Å². The Balaban J connectivity index is 1.34. The minimum absolute atomic E-state index is 0.0129. The molecule has 1 unspecified atom stereocenters. The summed E-state index contributed by atoms with van der Waals surface area (Å²) < 4.78 is 0. The smallest absolute Gasteiger partial charge is 0.251 e. The number of aromatic nitrogens is 2. The fourth-order valence-electron chi connectivity index (χ4n) is 3.30. The number of nitrogens with one attached hydrogen (secondary N) is 2. The molecule has 130 valence electrons. The van der Waals surface area contributed by atoms with Gasteiger partial charge in [0, 0.05) is 49.3 Å². The van der Waals surface area contributed by atoms with Crippen LogP contribution in [0, 0.1) is 5.92 Å². The Morgan fingerprint density at radius 1 is 1.24 bits per heavy atom. The number of carbonyl (C=O) groups excluding carboxylic acids is 1. The first-order chi connectivity index (χ1) is 12.3. The number of amides is 1. The van der Waals surface area contributed by atoms with Crippen molar-refractivity contribution in [3.63, 3.8) is 0 Å². The molecule has 2 heterocycles. The lowest BCUT2D eigenvalue weighted by Gasteiger charge is -2.16. The molecular weight excluding hydrogens is 314 g/mol. The molecule has 1 amide bonds. The molecular formula is C19H23N5O. The predicted octanol–water partition coefficient (Wildman–Crippen LogP) is 2.43. The SMILES string of the molecule is O=C(NC1CCN(CC2CC2)C1)c1cccc(Nc2cnccn2)c1. The summed E-state index contributed by atoms with van der Waals surface area (Å²) in [5.41, 5.74) is 1.49. The molecule has 2 aliphatic rings. The second-order valence-electron chi connectivity index (χ2n) is 6.96. The topological polar surface area (TPSA) is 70.2 Å². The van der Waals surface area contributed by atoms with Gasteiger partial charge in [-0.15, -0.1) is 0 Å². The van der Waals surface area contributed by atoms with E-state index in [1.165, 1.54) is 19.4 Å². The van der Waals surface area contributed by atoms with E-state index in [0.29, 0.717) is 11.4 Å². The minimum Gasteiger partial charge on any atom is -0.348 e. The van der Waals surface area contributed by atoms with Gasteiger partial charge >= 0.3 is 0 Å². The van der Waals surface area contributed by atoms with E-state index in [2.05, 4.69) is 25.5 Å². The van der Waals surface area contributed by atoms with Crippen LogP contribution in [0.5, 0.6) is 0 Å². The maximum absolute atomic E-state index is 12.6. The molecule has 1 aromatic carbocycles. The Bertz CT molecular complexity index is 732. The summed E-state index contributed by atoms with van der Waals surface area (Å²) in [4.78, 5) is 23.3. The first-order valence-corrected chi connectivity index (χ1v) is 8.92. The Morgan fingerprint density at radius 3 is 2.96 bits per heavy atom. The Kier molecular flexibility index (Phi) is 4.61. The van der Waals surface area contributed by atoms with Gasteiger partial charge in [-0.25, -0.2) is 4.98 Å². The summed E-state index contributed by atoms with van der Waals surface area (Å²) in [6, 6.07) is 7.73. The number of likely N-dealkylation sites (tertiary alicyclic amines) is 1. The number of rotatable bonds is 6. The van der Waals surface area contributed by atoms with E-state index in [1.807, 2.05) is 24.3 Å². The van der Waals surface area contributed by atoms with Crippen LogP contribution in [-0.4, -0.2) is 46.5 Å². The van der Waals surface area contributed by atoms with Crippen molar-refractivity contribution in [1.82, 2.24) is 20.2 Å². The van der Waals surface area contributed by atoms with Crippen molar-refractivity contribution in [1.29, 1.82) is 0 Å². The van der Waals surface area contributed by atoms with Crippen LogP contribution in [0.15, 0.2) is 42.9 Å². The third-order valence-corrected chi connectivity index (χ3v) is 4.78. The molecule has 1 aliphatic carbocycles. The molecule has 1 aliphatic heterocycles. The van der Waals surface area contributed by atoms with E-state index >= 15 is 0 Å². The molecule has 2 fully saturated rings. The van der Waals surface area contributed by atoms with Crippen LogP contribution in [0.2, 0.25) is 0 Å². The van der Waals surface area contributed by atoms with Gasteiger partial charge in [-0.2, -0.15) is 0 Å². The summed E-state index contributed by atoms with van der Waals surface area (Å²) in [7, 11) is 0. The number of hydrogen-bond donors (Lipinski definition) is 2. The largest absolute Gasteiger partial charge is 0.348 e. The van der Waals surface area contributed by atoms with Crippen molar-refractivity contribution in [3.05, 3.63) is 48.4 Å². The van der Waals surface area contributed by atoms with Gasteiger partial charge in [-0.1, -0.05) is 6.07 Å². The van der Waals surface area contributed by atoms with Crippen molar-refractivity contribution in [2.24, 2.45) is 5.92 Å². The van der Waals surface area contributed by atoms with Gasteiger partial charge in [0.2, 0.25) is 0 Å². The molecule has 1 saturated heterocycles. The fourth-order valence-corrected chi connectivity index (χ4v) is 3.30. The zero-order valence-corrected chi connectivity index (χ0v) is 14.2. The highest BCUT2D eigenvalue weighted by molar-refractivity contribution is 5.95. The van der Waals surface area contributed by atoms with Crippen LogP contribution in [0.1, 0.15) is 29.6 Å². The summed E-state index contributed by atoms with van der Waals surface area (Å²) in [6.45, 7) is 3.26. The molecule has 6 heteroatoms. The molecule has 0 bridgehead atoms.